The van der Waals surface area contributed by atoms with Crippen LogP contribution in [0.25, 0.3) is 0 Å². The summed E-state index contributed by atoms with van der Waals surface area (Å²) in [5, 5.41) is 18.6. The zero-order valence-corrected chi connectivity index (χ0v) is 13.4. The van der Waals surface area contributed by atoms with Crippen molar-refractivity contribution >= 4 is 11.7 Å². The average Bonchev–Trinajstić information content (AvgIpc) is 2.50. The number of nitro groups is 1. The van der Waals surface area contributed by atoms with Crippen LogP contribution in [0.3, 0.4) is 0 Å². The predicted molar refractivity (Wildman–Crippen MR) is 85.2 cm³/mol. The van der Waals surface area contributed by atoms with E-state index in [0.717, 1.165) is 24.1 Å². The topological polar surface area (TPSA) is 83.7 Å². The van der Waals surface area contributed by atoms with Gasteiger partial charge in [-0.2, -0.15) is 0 Å². The summed E-state index contributed by atoms with van der Waals surface area (Å²) in [4.78, 5) is 22.4. The molecule has 122 valence electrons. The van der Waals surface area contributed by atoms with Crippen LogP contribution in [-0.2, 0) is 0 Å². The fraction of sp³-hybridized carbons (Fsp3) is 0.562. The van der Waals surface area contributed by atoms with Gasteiger partial charge >= 0.3 is 5.97 Å². The second kappa shape index (κ2) is 8.48. The minimum absolute atomic E-state index is 0.0422. The van der Waals surface area contributed by atoms with Crippen LogP contribution in [0.5, 0.6) is 0 Å². The van der Waals surface area contributed by atoms with Gasteiger partial charge in [-0.3, -0.25) is 10.1 Å². The van der Waals surface area contributed by atoms with Crippen LogP contribution in [0.1, 0.15) is 43.5 Å². The third-order valence-electron chi connectivity index (χ3n) is 4.19. The van der Waals surface area contributed by atoms with Crippen molar-refractivity contribution in [2.75, 3.05) is 13.6 Å². The monoisotopic (exact) mass is 308 g/mol. The molecule has 0 aliphatic carbocycles. The van der Waals surface area contributed by atoms with E-state index in [1.54, 1.807) is 0 Å². The van der Waals surface area contributed by atoms with Gasteiger partial charge in [0.05, 0.1) is 10.5 Å². The molecule has 0 saturated carbocycles. The Morgan fingerprint density at radius 1 is 1.36 bits per heavy atom. The van der Waals surface area contributed by atoms with Crippen LogP contribution in [0.4, 0.5) is 5.69 Å². The Balaban J connectivity index is 0.000000224. The molecule has 2 atom stereocenters. The Kier molecular flexibility index (Phi) is 6.98. The van der Waals surface area contributed by atoms with Crippen LogP contribution < -0.4 is 0 Å². The van der Waals surface area contributed by atoms with Gasteiger partial charge in [0.25, 0.3) is 5.69 Å². The second-order valence-electron chi connectivity index (χ2n) is 5.75. The number of benzene rings is 1. The third-order valence-corrected chi connectivity index (χ3v) is 4.19. The summed E-state index contributed by atoms with van der Waals surface area (Å²) in [5.74, 6) is -0.119. The standard InChI is InChI=1S/C9H19N.C7H5NO4/c1-4-9-6-5-8(2)10(3)7-9;9-7(10)5-1-3-6(4-2-5)8(11)12/h8-9H,4-7H2,1-3H3;1-4H,(H,9,10)/t8-,9+;/m1./s1. The molecule has 6 nitrogen and oxygen atoms in total. The molecule has 1 saturated heterocycles. The number of piperidine rings is 1. The highest BCUT2D eigenvalue weighted by molar-refractivity contribution is 5.87. The average molecular weight is 308 g/mol. The molecule has 1 aliphatic rings. The van der Waals surface area contributed by atoms with E-state index in [1.807, 2.05) is 0 Å². The Morgan fingerprint density at radius 3 is 2.36 bits per heavy atom. The van der Waals surface area contributed by atoms with Crippen molar-refractivity contribution in [2.24, 2.45) is 5.92 Å². The molecule has 1 aromatic rings. The van der Waals surface area contributed by atoms with Gasteiger partial charge < -0.3 is 10.0 Å². The van der Waals surface area contributed by atoms with Gasteiger partial charge in [0.1, 0.15) is 0 Å². The molecule has 1 N–H and O–H groups in total. The summed E-state index contributed by atoms with van der Waals surface area (Å²) < 4.78 is 0. The van der Waals surface area contributed by atoms with E-state index in [9.17, 15) is 14.9 Å². The Labute approximate surface area is 130 Å². The number of aromatic carboxylic acids is 1. The normalized spacial score (nSPS) is 21.6. The van der Waals surface area contributed by atoms with E-state index in [-0.39, 0.29) is 11.3 Å². The fourth-order valence-electron chi connectivity index (χ4n) is 2.43. The lowest BCUT2D eigenvalue weighted by Gasteiger charge is -2.34. The van der Waals surface area contributed by atoms with E-state index in [2.05, 4.69) is 25.8 Å². The number of non-ortho nitro benzene ring substituents is 1. The molecule has 1 aromatic carbocycles. The van der Waals surface area contributed by atoms with E-state index < -0.39 is 10.9 Å². The minimum atomic E-state index is -1.09. The number of rotatable bonds is 3. The highest BCUT2D eigenvalue weighted by atomic mass is 16.6. The van der Waals surface area contributed by atoms with Crippen molar-refractivity contribution in [1.82, 2.24) is 4.90 Å². The van der Waals surface area contributed by atoms with Crippen molar-refractivity contribution in [3.8, 4) is 0 Å². The Bertz CT molecular complexity index is 468. The van der Waals surface area contributed by atoms with Crippen LogP contribution in [-0.4, -0.2) is 40.5 Å². The highest BCUT2D eigenvalue weighted by Gasteiger charge is 2.20. The lowest BCUT2D eigenvalue weighted by molar-refractivity contribution is -0.384. The zero-order valence-electron chi connectivity index (χ0n) is 13.4. The lowest BCUT2D eigenvalue weighted by atomic mass is 9.92. The second-order valence-corrected chi connectivity index (χ2v) is 5.75. The maximum atomic E-state index is 10.3. The SMILES string of the molecule is CC[C@H]1CC[C@@H](C)N(C)C1.O=C(O)c1ccc([N+](=O)[O-])cc1. The summed E-state index contributed by atoms with van der Waals surface area (Å²) in [6.07, 6.45) is 4.20. The maximum Gasteiger partial charge on any atom is 0.335 e. The van der Waals surface area contributed by atoms with E-state index in [1.165, 1.54) is 37.9 Å². The minimum Gasteiger partial charge on any atom is -0.478 e. The molecule has 0 spiro atoms. The van der Waals surface area contributed by atoms with Crippen molar-refractivity contribution in [3.05, 3.63) is 39.9 Å². The number of carbonyl (C=O) groups is 1. The fourth-order valence-corrected chi connectivity index (χ4v) is 2.43. The Hall–Kier alpha value is -1.95. The van der Waals surface area contributed by atoms with Gasteiger partial charge in [0.15, 0.2) is 0 Å². The number of likely N-dealkylation sites (tertiary alicyclic amines) is 1. The molecule has 22 heavy (non-hydrogen) atoms. The number of nitrogens with zero attached hydrogens (tertiary/aromatic N) is 2. The number of carboxylic acids is 1. The molecule has 0 radical (unpaired) electrons. The molecule has 1 fully saturated rings. The van der Waals surface area contributed by atoms with Crippen molar-refractivity contribution in [2.45, 2.75) is 39.2 Å². The number of hydrogen-bond acceptors (Lipinski definition) is 4. The van der Waals surface area contributed by atoms with Crippen molar-refractivity contribution in [3.63, 3.8) is 0 Å². The molecular formula is C16H24N2O4. The van der Waals surface area contributed by atoms with Crippen LogP contribution in [0.15, 0.2) is 24.3 Å². The van der Waals surface area contributed by atoms with Gasteiger partial charge in [-0.25, -0.2) is 4.79 Å². The molecule has 0 amide bonds. The molecular weight excluding hydrogens is 284 g/mol. The van der Waals surface area contributed by atoms with E-state index in [4.69, 9.17) is 5.11 Å². The van der Waals surface area contributed by atoms with Gasteiger partial charge in [0.2, 0.25) is 0 Å². The number of nitro benzene ring substituents is 1. The summed E-state index contributed by atoms with van der Waals surface area (Å²) in [6.45, 7) is 5.94. The molecule has 6 heteroatoms. The Morgan fingerprint density at radius 2 is 1.95 bits per heavy atom. The van der Waals surface area contributed by atoms with Crippen LogP contribution in [0.2, 0.25) is 0 Å². The zero-order chi connectivity index (χ0) is 16.7. The third kappa shape index (κ3) is 5.44. The smallest absolute Gasteiger partial charge is 0.335 e. The number of carboxylic acid groups (broad SMARTS) is 1. The van der Waals surface area contributed by atoms with Crippen LogP contribution >= 0.6 is 0 Å². The van der Waals surface area contributed by atoms with Gasteiger partial charge in [-0.15, -0.1) is 0 Å². The first-order valence-electron chi connectivity index (χ1n) is 7.53. The quantitative estimate of drug-likeness (QED) is 0.683. The molecule has 1 aliphatic heterocycles. The molecule has 2 rings (SSSR count). The summed E-state index contributed by atoms with van der Waals surface area (Å²) in [5.41, 5.74) is -0.0689. The maximum absolute atomic E-state index is 10.3. The van der Waals surface area contributed by atoms with E-state index in [0.29, 0.717) is 0 Å². The largest absolute Gasteiger partial charge is 0.478 e. The number of hydrogen-bond donors (Lipinski definition) is 1. The lowest BCUT2D eigenvalue weighted by Crippen LogP contribution is -2.38. The first kappa shape index (κ1) is 18.1. The molecule has 0 unspecified atom stereocenters. The van der Waals surface area contributed by atoms with Crippen molar-refractivity contribution < 1.29 is 14.8 Å². The van der Waals surface area contributed by atoms with Crippen molar-refractivity contribution in [1.29, 1.82) is 0 Å². The molecule has 1 heterocycles. The van der Waals surface area contributed by atoms with Crippen LogP contribution in [0, 0.1) is 16.0 Å². The van der Waals surface area contributed by atoms with Gasteiger partial charge in [-0.1, -0.05) is 13.3 Å². The van der Waals surface area contributed by atoms with E-state index >= 15 is 0 Å². The highest BCUT2D eigenvalue weighted by Crippen LogP contribution is 2.22. The summed E-state index contributed by atoms with van der Waals surface area (Å²) >= 11 is 0. The summed E-state index contributed by atoms with van der Waals surface area (Å²) in [6, 6.07) is 5.52. The summed E-state index contributed by atoms with van der Waals surface area (Å²) in [7, 11) is 2.24. The van der Waals surface area contributed by atoms with Gasteiger partial charge in [0, 0.05) is 24.7 Å². The first-order valence-corrected chi connectivity index (χ1v) is 7.53. The predicted octanol–water partition coefficient (Wildman–Crippen LogP) is 3.42. The molecule has 0 bridgehead atoms. The van der Waals surface area contributed by atoms with Gasteiger partial charge in [-0.05, 0) is 44.9 Å². The molecule has 0 aromatic heterocycles. The first-order chi connectivity index (χ1) is 10.3.